The number of benzene rings is 1. The molecule has 7 heteroatoms. The van der Waals surface area contributed by atoms with E-state index in [1.807, 2.05) is 30.3 Å². The third kappa shape index (κ3) is 2.91. The van der Waals surface area contributed by atoms with Gasteiger partial charge in [0, 0.05) is 5.69 Å². The van der Waals surface area contributed by atoms with Gasteiger partial charge in [-0.1, -0.05) is 18.2 Å². The molecule has 0 bridgehead atoms. The molecule has 0 atom stereocenters. The Morgan fingerprint density at radius 1 is 1.25 bits per heavy atom. The van der Waals surface area contributed by atoms with E-state index in [4.69, 9.17) is 4.42 Å². The van der Waals surface area contributed by atoms with E-state index in [9.17, 15) is 9.59 Å². The Morgan fingerprint density at radius 2 is 2.00 bits per heavy atom. The lowest BCUT2D eigenvalue weighted by molar-refractivity contribution is 0.0953. The van der Waals surface area contributed by atoms with E-state index in [0.717, 1.165) is 5.69 Å². The SMILES string of the molecule is Cc1[nH]n(-c2ccccc2)c(=O)c1/C=N/NC(=O)c1ccoc1C. The molecule has 3 aromatic rings. The molecule has 24 heavy (non-hydrogen) atoms. The second kappa shape index (κ2) is 6.41. The van der Waals surface area contributed by atoms with E-state index < -0.39 is 5.91 Å². The summed E-state index contributed by atoms with van der Waals surface area (Å²) < 4.78 is 6.50. The number of para-hydroxylation sites is 1. The van der Waals surface area contributed by atoms with Crippen LogP contribution in [0.15, 0.2) is 57.0 Å². The molecular weight excluding hydrogens is 308 g/mol. The Labute approximate surface area is 137 Å². The number of aromatic amines is 1. The Morgan fingerprint density at radius 3 is 2.67 bits per heavy atom. The van der Waals surface area contributed by atoms with Crippen LogP contribution in [0.4, 0.5) is 0 Å². The van der Waals surface area contributed by atoms with Crippen LogP contribution in [0.2, 0.25) is 0 Å². The highest BCUT2D eigenvalue weighted by Crippen LogP contribution is 2.08. The molecule has 0 saturated carbocycles. The maximum atomic E-state index is 12.5. The number of hydrazone groups is 1. The fourth-order valence-electron chi connectivity index (χ4n) is 2.31. The number of aromatic nitrogens is 2. The molecule has 2 heterocycles. The average molecular weight is 324 g/mol. The first-order valence-electron chi connectivity index (χ1n) is 7.32. The minimum Gasteiger partial charge on any atom is -0.469 e. The highest BCUT2D eigenvalue weighted by Gasteiger charge is 2.12. The molecule has 0 aliphatic carbocycles. The fourth-order valence-corrected chi connectivity index (χ4v) is 2.31. The van der Waals surface area contributed by atoms with Crippen LogP contribution >= 0.6 is 0 Å². The molecule has 0 radical (unpaired) electrons. The van der Waals surface area contributed by atoms with E-state index in [1.165, 1.54) is 17.2 Å². The van der Waals surface area contributed by atoms with Gasteiger partial charge in [0.05, 0.1) is 29.3 Å². The number of carbonyl (C=O) groups excluding carboxylic acids is 1. The van der Waals surface area contributed by atoms with Crippen molar-refractivity contribution in [3.63, 3.8) is 0 Å². The van der Waals surface area contributed by atoms with Crippen LogP contribution in [0.5, 0.6) is 0 Å². The van der Waals surface area contributed by atoms with E-state index in [1.54, 1.807) is 19.9 Å². The predicted molar refractivity (Wildman–Crippen MR) is 89.6 cm³/mol. The quantitative estimate of drug-likeness (QED) is 0.569. The first-order chi connectivity index (χ1) is 11.6. The molecule has 0 spiro atoms. The van der Waals surface area contributed by atoms with Gasteiger partial charge in [-0.15, -0.1) is 0 Å². The molecule has 0 unspecified atom stereocenters. The van der Waals surface area contributed by atoms with Crippen LogP contribution in [0.25, 0.3) is 5.69 Å². The van der Waals surface area contributed by atoms with Crippen molar-refractivity contribution in [2.24, 2.45) is 5.10 Å². The largest absolute Gasteiger partial charge is 0.469 e. The van der Waals surface area contributed by atoms with E-state index in [0.29, 0.717) is 22.6 Å². The molecular formula is C17H16N4O3. The van der Waals surface area contributed by atoms with Crippen LogP contribution in [0.1, 0.15) is 27.4 Å². The molecule has 0 fully saturated rings. The summed E-state index contributed by atoms with van der Waals surface area (Å²) in [7, 11) is 0. The first-order valence-corrected chi connectivity index (χ1v) is 7.32. The molecule has 1 aromatic carbocycles. The average Bonchev–Trinajstić information content (AvgIpc) is 3.13. The van der Waals surface area contributed by atoms with Crippen molar-refractivity contribution in [2.45, 2.75) is 13.8 Å². The van der Waals surface area contributed by atoms with E-state index >= 15 is 0 Å². The summed E-state index contributed by atoms with van der Waals surface area (Å²) in [6.45, 7) is 3.46. The Kier molecular flexibility index (Phi) is 4.15. The summed E-state index contributed by atoms with van der Waals surface area (Å²) in [6.07, 6.45) is 2.77. The first kappa shape index (κ1) is 15.5. The van der Waals surface area contributed by atoms with Crippen molar-refractivity contribution in [3.8, 4) is 5.69 Å². The minimum atomic E-state index is -0.394. The zero-order valence-electron chi connectivity index (χ0n) is 13.2. The lowest BCUT2D eigenvalue weighted by atomic mass is 10.2. The lowest BCUT2D eigenvalue weighted by Crippen LogP contribution is -2.20. The maximum absolute atomic E-state index is 12.5. The topological polar surface area (TPSA) is 92.4 Å². The lowest BCUT2D eigenvalue weighted by Gasteiger charge is -1.99. The van der Waals surface area contributed by atoms with Gasteiger partial charge in [0.15, 0.2) is 0 Å². The normalized spacial score (nSPS) is 11.1. The highest BCUT2D eigenvalue weighted by molar-refractivity contribution is 5.95. The van der Waals surface area contributed by atoms with Crippen LogP contribution < -0.4 is 11.0 Å². The monoisotopic (exact) mass is 324 g/mol. The van der Waals surface area contributed by atoms with Crippen molar-refractivity contribution < 1.29 is 9.21 Å². The van der Waals surface area contributed by atoms with E-state index in [-0.39, 0.29) is 5.56 Å². The summed E-state index contributed by atoms with van der Waals surface area (Å²) >= 11 is 0. The summed E-state index contributed by atoms with van der Waals surface area (Å²) in [6, 6.07) is 10.8. The zero-order valence-corrected chi connectivity index (χ0v) is 13.2. The summed E-state index contributed by atoms with van der Waals surface area (Å²) in [5, 5.41) is 6.86. The second-order valence-electron chi connectivity index (χ2n) is 5.22. The molecule has 122 valence electrons. The van der Waals surface area contributed by atoms with Gasteiger partial charge in [-0.3, -0.25) is 14.7 Å². The number of nitrogens with zero attached hydrogens (tertiary/aromatic N) is 2. The fraction of sp³-hybridized carbons (Fsp3) is 0.118. The van der Waals surface area contributed by atoms with Gasteiger partial charge < -0.3 is 4.42 Å². The van der Waals surface area contributed by atoms with Crippen LogP contribution in [-0.2, 0) is 0 Å². The Hall–Kier alpha value is -3.35. The molecule has 0 aliphatic rings. The predicted octanol–water partition coefficient (Wildman–Crippen LogP) is 2.14. The number of hydrogen-bond acceptors (Lipinski definition) is 4. The summed E-state index contributed by atoms with van der Waals surface area (Å²) in [4.78, 5) is 24.4. The number of furan rings is 1. The Bertz CT molecular complexity index is 948. The van der Waals surface area contributed by atoms with Gasteiger partial charge in [0.25, 0.3) is 11.5 Å². The number of H-pyrrole nitrogens is 1. The summed E-state index contributed by atoms with van der Waals surface area (Å²) in [5.74, 6) is 0.112. The van der Waals surface area contributed by atoms with Crippen LogP contribution in [-0.4, -0.2) is 21.9 Å². The smallest absolute Gasteiger partial charge is 0.280 e. The molecule has 2 N–H and O–H groups in total. The van der Waals surface area contributed by atoms with Crippen molar-refractivity contribution in [1.82, 2.24) is 15.2 Å². The molecule has 0 saturated heterocycles. The van der Waals surface area contributed by atoms with Crippen molar-refractivity contribution >= 4 is 12.1 Å². The zero-order chi connectivity index (χ0) is 17.1. The van der Waals surface area contributed by atoms with Crippen molar-refractivity contribution in [1.29, 1.82) is 0 Å². The third-order valence-corrected chi connectivity index (χ3v) is 3.59. The number of hydrogen-bond donors (Lipinski definition) is 2. The number of amides is 1. The minimum absolute atomic E-state index is 0.240. The standard InChI is InChI=1S/C17H16N4O3/c1-11-15(10-18-19-16(22)14-8-9-24-12(14)2)17(23)21(20-11)13-6-4-3-5-7-13/h3-10,20H,1-2H3,(H,19,22)/b18-10+. The maximum Gasteiger partial charge on any atom is 0.280 e. The van der Waals surface area contributed by atoms with Gasteiger partial charge >= 0.3 is 0 Å². The van der Waals surface area contributed by atoms with Gasteiger partial charge in [0.2, 0.25) is 0 Å². The van der Waals surface area contributed by atoms with Gasteiger partial charge in [-0.2, -0.15) is 5.10 Å². The molecule has 7 nitrogen and oxygen atoms in total. The number of nitrogens with one attached hydrogen (secondary N) is 2. The van der Waals surface area contributed by atoms with E-state index in [2.05, 4.69) is 15.6 Å². The van der Waals surface area contributed by atoms with Gasteiger partial charge in [0.1, 0.15) is 5.76 Å². The van der Waals surface area contributed by atoms with Crippen molar-refractivity contribution in [2.75, 3.05) is 0 Å². The molecule has 0 aliphatic heterocycles. The molecule has 3 rings (SSSR count). The van der Waals surface area contributed by atoms with Crippen molar-refractivity contribution in [3.05, 3.63) is 75.6 Å². The number of carbonyl (C=O) groups is 1. The number of rotatable bonds is 4. The molecule has 2 aromatic heterocycles. The third-order valence-electron chi connectivity index (χ3n) is 3.59. The second-order valence-corrected chi connectivity index (χ2v) is 5.22. The van der Waals surface area contributed by atoms with Crippen LogP contribution in [0.3, 0.4) is 0 Å². The van der Waals surface area contributed by atoms with Gasteiger partial charge in [-0.05, 0) is 32.0 Å². The summed E-state index contributed by atoms with van der Waals surface area (Å²) in [5.41, 5.74) is 4.31. The molecule has 1 amide bonds. The van der Waals surface area contributed by atoms with Crippen LogP contribution in [0, 0.1) is 13.8 Å². The Balaban J connectivity index is 1.81. The highest BCUT2D eigenvalue weighted by atomic mass is 16.3. The number of aryl methyl sites for hydroxylation is 2. The van der Waals surface area contributed by atoms with Gasteiger partial charge in [-0.25, -0.2) is 10.1 Å².